The van der Waals surface area contributed by atoms with E-state index < -0.39 is 15.8 Å². The number of hydrogen-bond acceptors (Lipinski definition) is 4. The van der Waals surface area contributed by atoms with Crippen molar-refractivity contribution in [2.75, 3.05) is 10.5 Å². The Morgan fingerprint density at radius 2 is 2.05 bits per heavy atom. The maximum absolute atomic E-state index is 13.0. The predicted molar refractivity (Wildman–Crippen MR) is 70.9 cm³/mol. The van der Waals surface area contributed by atoms with Gasteiger partial charge < -0.3 is 5.73 Å². The fourth-order valence-electron chi connectivity index (χ4n) is 1.38. The average molecular weight is 302 g/mol. The van der Waals surface area contributed by atoms with Crippen LogP contribution in [-0.4, -0.2) is 13.4 Å². The molecule has 19 heavy (non-hydrogen) atoms. The lowest BCUT2D eigenvalue weighted by Gasteiger charge is -2.11. The van der Waals surface area contributed by atoms with Crippen LogP contribution in [0, 0.1) is 5.82 Å². The summed E-state index contributed by atoms with van der Waals surface area (Å²) in [6, 6.07) is 5.41. The standard InChI is InChI=1S/C11H9ClFN3O2S/c12-9-2-1-3-10(14)11(9)16-19(17,18)8-4-7(13)5-15-6-8/h1-6,16H,14H2. The van der Waals surface area contributed by atoms with Crippen molar-refractivity contribution in [1.82, 2.24) is 4.98 Å². The molecule has 0 radical (unpaired) electrons. The van der Waals surface area contributed by atoms with Crippen molar-refractivity contribution in [3.05, 3.63) is 47.5 Å². The molecule has 1 aromatic heterocycles. The van der Waals surface area contributed by atoms with Gasteiger partial charge in [0.25, 0.3) is 10.0 Å². The minimum atomic E-state index is -4.00. The Morgan fingerprint density at radius 3 is 2.68 bits per heavy atom. The van der Waals surface area contributed by atoms with Gasteiger partial charge in [0.2, 0.25) is 0 Å². The third-order valence-electron chi connectivity index (χ3n) is 2.27. The molecule has 3 N–H and O–H groups in total. The van der Waals surface area contributed by atoms with Crippen LogP contribution in [0.1, 0.15) is 0 Å². The Balaban J connectivity index is 2.42. The van der Waals surface area contributed by atoms with Crippen LogP contribution in [0.2, 0.25) is 5.02 Å². The van der Waals surface area contributed by atoms with Crippen molar-refractivity contribution in [3.63, 3.8) is 0 Å². The number of anilines is 2. The lowest BCUT2D eigenvalue weighted by atomic mass is 10.3. The molecule has 1 aromatic carbocycles. The van der Waals surface area contributed by atoms with Gasteiger partial charge in [-0.25, -0.2) is 12.8 Å². The van der Waals surface area contributed by atoms with Gasteiger partial charge in [-0.3, -0.25) is 9.71 Å². The molecule has 0 amide bonds. The van der Waals surface area contributed by atoms with E-state index in [1.54, 1.807) is 6.07 Å². The van der Waals surface area contributed by atoms with Crippen LogP contribution in [0.15, 0.2) is 41.6 Å². The summed E-state index contributed by atoms with van der Waals surface area (Å²) in [6.07, 6.45) is 1.93. The minimum absolute atomic E-state index is 0.0495. The third kappa shape index (κ3) is 2.94. The summed E-state index contributed by atoms with van der Waals surface area (Å²) < 4.78 is 39.2. The van der Waals surface area contributed by atoms with Crippen LogP contribution < -0.4 is 10.5 Å². The summed E-state index contributed by atoms with van der Waals surface area (Å²) in [5.74, 6) is -0.755. The summed E-state index contributed by atoms with van der Waals surface area (Å²) in [4.78, 5) is 3.17. The highest BCUT2D eigenvalue weighted by Crippen LogP contribution is 2.30. The Kier molecular flexibility index (Phi) is 3.59. The van der Waals surface area contributed by atoms with Crippen molar-refractivity contribution < 1.29 is 12.8 Å². The first-order valence-corrected chi connectivity index (χ1v) is 6.93. The fraction of sp³-hybridized carbons (Fsp3) is 0. The van der Waals surface area contributed by atoms with E-state index in [0.717, 1.165) is 18.5 Å². The SMILES string of the molecule is Nc1cccc(Cl)c1NS(=O)(=O)c1cncc(F)c1. The van der Waals surface area contributed by atoms with Crippen LogP contribution in [0.25, 0.3) is 0 Å². The average Bonchev–Trinajstić information content (AvgIpc) is 2.34. The van der Waals surface area contributed by atoms with Gasteiger partial charge in [-0.1, -0.05) is 17.7 Å². The molecule has 0 aliphatic rings. The highest BCUT2D eigenvalue weighted by Gasteiger charge is 2.18. The van der Waals surface area contributed by atoms with Crippen LogP contribution in [0.4, 0.5) is 15.8 Å². The number of nitrogens with two attached hydrogens (primary N) is 1. The van der Waals surface area contributed by atoms with Gasteiger partial charge >= 0.3 is 0 Å². The second-order valence-corrected chi connectivity index (χ2v) is 5.74. The number of halogens is 2. The zero-order valence-corrected chi connectivity index (χ0v) is 11.0. The fourth-order valence-corrected chi connectivity index (χ4v) is 2.75. The van der Waals surface area contributed by atoms with Gasteiger partial charge in [-0.15, -0.1) is 0 Å². The van der Waals surface area contributed by atoms with Crippen LogP contribution in [0.5, 0.6) is 0 Å². The van der Waals surface area contributed by atoms with Crippen molar-refractivity contribution >= 4 is 33.0 Å². The van der Waals surface area contributed by atoms with Crippen LogP contribution >= 0.6 is 11.6 Å². The third-order valence-corrected chi connectivity index (χ3v) is 3.90. The first-order valence-electron chi connectivity index (χ1n) is 5.07. The van der Waals surface area contributed by atoms with E-state index in [9.17, 15) is 12.8 Å². The highest BCUT2D eigenvalue weighted by molar-refractivity contribution is 7.92. The second kappa shape index (κ2) is 5.02. The number of rotatable bonds is 3. The zero-order chi connectivity index (χ0) is 14.0. The molecule has 0 saturated heterocycles. The smallest absolute Gasteiger partial charge is 0.263 e. The molecule has 100 valence electrons. The van der Waals surface area contributed by atoms with Gasteiger partial charge in [0.05, 0.1) is 22.6 Å². The number of nitrogen functional groups attached to an aromatic ring is 1. The largest absolute Gasteiger partial charge is 0.397 e. The number of hydrogen-bond donors (Lipinski definition) is 2. The maximum Gasteiger partial charge on any atom is 0.263 e. The quantitative estimate of drug-likeness (QED) is 0.852. The Hall–Kier alpha value is -1.86. The molecule has 0 aliphatic heterocycles. The van der Waals surface area contributed by atoms with E-state index in [1.807, 2.05) is 0 Å². The number of benzene rings is 1. The molecule has 0 unspecified atom stereocenters. The molecule has 0 spiro atoms. The normalized spacial score (nSPS) is 11.3. The molecule has 0 aliphatic carbocycles. The topological polar surface area (TPSA) is 85.1 Å². The van der Waals surface area contributed by atoms with Gasteiger partial charge in [-0.2, -0.15) is 0 Å². The van der Waals surface area contributed by atoms with E-state index in [-0.39, 0.29) is 21.3 Å². The van der Waals surface area contributed by atoms with E-state index in [4.69, 9.17) is 17.3 Å². The zero-order valence-electron chi connectivity index (χ0n) is 9.47. The van der Waals surface area contributed by atoms with E-state index in [2.05, 4.69) is 9.71 Å². The molecule has 2 aromatic rings. The van der Waals surface area contributed by atoms with Gasteiger partial charge in [0, 0.05) is 6.20 Å². The number of nitrogens with one attached hydrogen (secondary N) is 1. The first-order chi connectivity index (χ1) is 8.90. The Morgan fingerprint density at radius 1 is 1.32 bits per heavy atom. The van der Waals surface area contributed by atoms with Gasteiger partial charge in [0.15, 0.2) is 0 Å². The molecule has 5 nitrogen and oxygen atoms in total. The monoisotopic (exact) mass is 301 g/mol. The number of nitrogens with zero attached hydrogens (tertiary/aromatic N) is 1. The van der Waals surface area contributed by atoms with E-state index in [0.29, 0.717) is 0 Å². The summed E-state index contributed by atoms with van der Waals surface area (Å²) in [6.45, 7) is 0. The summed E-state index contributed by atoms with van der Waals surface area (Å²) in [7, 11) is -4.00. The van der Waals surface area contributed by atoms with Crippen LogP contribution in [0.3, 0.4) is 0 Å². The molecular formula is C11H9ClFN3O2S. The molecule has 0 bridgehead atoms. The van der Waals surface area contributed by atoms with Crippen molar-refractivity contribution in [2.45, 2.75) is 4.90 Å². The molecule has 8 heteroatoms. The van der Waals surface area contributed by atoms with E-state index in [1.165, 1.54) is 12.1 Å². The minimum Gasteiger partial charge on any atom is -0.397 e. The lowest BCUT2D eigenvalue weighted by molar-refractivity contribution is 0.592. The number of aromatic nitrogens is 1. The molecule has 2 rings (SSSR count). The molecule has 0 saturated carbocycles. The Labute approximate surface area is 114 Å². The summed E-state index contributed by atoms with van der Waals surface area (Å²) in [5, 5.41) is 0.146. The van der Waals surface area contributed by atoms with Crippen molar-refractivity contribution in [2.24, 2.45) is 0 Å². The maximum atomic E-state index is 13.0. The molecule has 0 fully saturated rings. The number of pyridine rings is 1. The Bertz CT molecular complexity index is 701. The lowest BCUT2D eigenvalue weighted by Crippen LogP contribution is -2.15. The molecule has 1 heterocycles. The molecule has 0 atom stereocenters. The number of para-hydroxylation sites is 1. The van der Waals surface area contributed by atoms with Crippen molar-refractivity contribution in [1.29, 1.82) is 0 Å². The van der Waals surface area contributed by atoms with E-state index >= 15 is 0 Å². The molecular weight excluding hydrogens is 293 g/mol. The van der Waals surface area contributed by atoms with Gasteiger partial charge in [0.1, 0.15) is 10.7 Å². The summed E-state index contributed by atoms with van der Waals surface area (Å²) >= 11 is 5.86. The predicted octanol–water partition coefficient (Wildman–Crippen LogP) is 2.26. The second-order valence-electron chi connectivity index (χ2n) is 3.65. The van der Waals surface area contributed by atoms with Crippen molar-refractivity contribution in [3.8, 4) is 0 Å². The van der Waals surface area contributed by atoms with Gasteiger partial charge in [-0.05, 0) is 18.2 Å². The number of sulfonamides is 1. The first kappa shape index (κ1) is 13.6. The summed E-state index contributed by atoms with van der Waals surface area (Å²) in [5.41, 5.74) is 5.85. The van der Waals surface area contributed by atoms with Crippen LogP contribution in [-0.2, 0) is 10.0 Å². The highest BCUT2D eigenvalue weighted by atomic mass is 35.5.